The van der Waals surface area contributed by atoms with Crippen molar-refractivity contribution in [2.45, 2.75) is 44.2 Å². The number of halogens is 2. The lowest BCUT2D eigenvalue weighted by Crippen LogP contribution is -2.32. The molecule has 4 aromatic rings. The Morgan fingerprint density at radius 1 is 1.16 bits per heavy atom. The standard InChI is InChI=1S/C22H24ClFN8/c1-31-8-6-13(7-9-31)32-22-20(25-10-16(28-22)12-2-3-12)21(30-32)26-11-17-27-15-5-4-14(24)18(23)19(15)29-17/h4-5,10,12-13H,2-3,6-9,11H2,1H3,(H,26,30)(H,27,29). The van der Waals surface area contributed by atoms with E-state index in [1.165, 1.54) is 18.9 Å². The fourth-order valence-corrected chi connectivity index (χ4v) is 4.64. The second kappa shape index (κ2) is 7.67. The molecule has 10 heteroatoms. The number of benzene rings is 1. The van der Waals surface area contributed by atoms with Crippen molar-refractivity contribution in [3.8, 4) is 0 Å². The van der Waals surface area contributed by atoms with Gasteiger partial charge in [0.15, 0.2) is 17.0 Å². The van der Waals surface area contributed by atoms with Crippen LogP contribution in [0.4, 0.5) is 10.2 Å². The summed E-state index contributed by atoms with van der Waals surface area (Å²) in [4.78, 5) is 19.7. The molecule has 6 rings (SSSR count). The van der Waals surface area contributed by atoms with Crippen LogP contribution < -0.4 is 5.32 Å². The topological polar surface area (TPSA) is 87.5 Å². The van der Waals surface area contributed by atoms with Crippen molar-refractivity contribution in [1.82, 2.24) is 34.6 Å². The van der Waals surface area contributed by atoms with E-state index in [1.807, 2.05) is 6.20 Å². The minimum Gasteiger partial charge on any atom is -0.360 e. The van der Waals surface area contributed by atoms with Gasteiger partial charge in [0.25, 0.3) is 0 Å². The molecule has 1 aliphatic heterocycles. The number of hydrogen-bond acceptors (Lipinski definition) is 6. The Balaban J connectivity index is 1.32. The van der Waals surface area contributed by atoms with Crippen molar-refractivity contribution >= 4 is 39.6 Å². The largest absolute Gasteiger partial charge is 0.360 e. The van der Waals surface area contributed by atoms with Crippen molar-refractivity contribution in [3.05, 3.63) is 40.7 Å². The summed E-state index contributed by atoms with van der Waals surface area (Å²) in [5.74, 6) is 1.39. The van der Waals surface area contributed by atoms with Crippen LogP contribution in [0.2, 0.25) is 5.02 Å². The molecule has 3 aromatic heterocycles. The third kappa shape index (κ3) is 3.49. The maximum atomic E-state index is 13.7. The van der Waals surface area contributed by atoms with E-state index >= 15 is 0 Å². The molecule has 0 atom stereocenters. The van der Waals surface area contributed by atoms with E-state index < -0.39 is 5.82 Å². The van der Waals surface area contributed by atoms with Gasteiger partial charge in [0, 0.05) is 12.1 Å². The molecule has 8 nitrogen and oxygen atoms in total. The van der Waals surface area contributed by atoms with Crippen LogP contribution in [-0.4, -0.2) is 54.8 Å². The molecule has 0 spiro atoms. The van der Waals surface area contributed by atoms with Crippen LogP contribution in [0.25, 0.3) is 22.2 Å². The molecule has 4 heterocycles. The lowest BCUT2D eigenvalue weighted by molar-refractivity contribution is 0.215. The van der Waals surface area contributed by atoms with Crippen LogP contribution in [-0.2, 0) is 6.54 Å². The summed E-state index contributed by atoms with van der Waals surface area (Å²) in [5, 5.41) is 8.28. The summed E-state index contributed by atoms with van der Waals surface area (Å²) in [6, 6.07) is 3.28. The first kappa shape index (κ1) is 19.9. The Morgan fingerprint density at radius 2 is 1.97 bits per heavy atom. The van der Waals surface area contributed by atoms with E-state index in [2.05, 4.69) is 31.9 Å². The van der Waals surface area contributed by atoms with Crippen LogP contribution in [0.5, 0.6) is 0 Å². The number of piperidine rings is 1. The summed E-state index contributed by atoms with van der Waals surface area (Å²) in [6.07, 6.45) is 6.33. The van der Waals surface area contributed by atoms with Gasteiger partial charge in [-0.05, 0) is 58.0 Å². The third-order valence-electron chi connectivity index (χ3n) is 6.47. The maximum Gasteiger partial charge on any atom is 0.179 e. The number of nitrogens with zero attached hydrogens (tertiary/aromatic N) is 6. The van der Waals surface area contributed by atoms with E-state index in [4.69, 9.17) is 26.7 Å². The molecule has 0 radical (unpaired) electrons. The first-order valence-electron chi connectivity index (χ1n) is 11.1. The number of anilines is 1. The molecule has 1 aliphatic carbocycles. The normalized spacial score (nSPS) is 18.1. The molecule has 0 amide bonds. The Morgan fingerprint density at radius 3 is 2.75 bits per heavy atom. The highest BCUT2D eigenvalue weighted by Crippen LogP contribution is 2.39. The zero-order valence-corrected chi connectivity index (χ0v) is 18.5. The first-order chi connectivity index (χ1) is 15.6. The number of fused-ring (bicyclic) bond motifs is 2. The highest BCUT2D eigenvalue weighted by atomic mass is 35.5. The number of aromatic nitrogens is 6. The van der Waals surface area contributed by atoms with E-state index in [0.717, 1.165) is 42.8 Å². The van der Waals surface area contributed by atoms with Gasteiger partial charge >= 0.3 is 0 Å². The average Bonchev–Trinajstić information content (AvgIpc) is 3.47. The minimum absolute atomic E-state index is 0.0282. The molecule has 1 saturated carbocycles. The van der Waals surface area contributed by atoms with Gasteiger partial charge in [-0.25, -0.2) is 24.0 Å². The number of rotatable bonds is 5. The molecule has 166 valence electrons. The van der Waals surface area contributed by atoms with Crippen LogP contribution in [0.1, 0.15) is 49.2 Å². The van der Waals surface area contributed by atoms with Crippen LogP contribution in [0.15, 0.2) is 18.3 Å². The fourth-order valence-electron chi connectivity index (χ4n) is 4.43. The SMILES string of the molecule is CN1CCC(n2nc(NCc3nc4c(Cl)c(F)ccc4[nH]3)c3ncc(C4CC4)nc32)CC1. The van der Waals surface area contributed by atoms with Gasteiger partial charge in [0.1, 0.15) is 22.2 Å². The summed E-state index contributed by atoms with van der Waals surface area (Å²) in [7, 11) is 2.15. The van der Waals surface area contributed by atoms with Gasteiger partial charge in [-0.15, -0.1) is 0 Å². The smallest absolute Gasteiger partial charge is 0.179 e. The second-order valence-electron chi connectivity index (χ2n) is 8.86. The summed E-state index contributed by atoms with van der Waals surface area (Å²) in [6.45, 7) is 2.47. The molecule has 2 N–H and O–H groups in total. The number of imidazole rings is 1. The molecule has 32 heavy (non-hydrogen) atoms. The van der Waals surface area contributed by atoms with E-state index in [-0.39, 0.29) is 5.02 Å². The molecule has 1 aromatic carbocycles. The fraction of sp³-hybridized carbons (Fsp3) is 0.455. The predicted molar refractivity (Wildman–Crippen MR) is 121 cm³/mol. The van der Waals surface area contributed by atoms with Gasteiger partial charge in [0.2, 0.25) is 0 Å². The molecule has 2 fully saturated rings. The van der Waals surface area contributed by atoms with Gasteiger partial charge < -0.3 is 15.2 Å². The van der Waals surface area contributed by atoms with Gasteiger partial charge in [-0.3, -0.25) is 0 Å². The van der Waals surface area contributed by atoms with Crippen molar-refractivity contribution in [2.75, 3.05) is 25.5 Å². The highest BCUT2D eigenvalue weighted by Gasteiger charge is 2.28. The highest BCUT2D eigenvalue weighted by molar-refractivity contribution is 6.35. The van der Waals surface area contributed by atoms with E-state index in [9.17, 15) is 4.39 Å². The Hall–Kier alpha value is -2.78. The third-order valence-corrected chi connectivity index (χ3v) is 6.83. The van der Waals surface area contributed by atoms with Gasteiger partial charge in [-0.1, -0.05) is 11.6 Å². The Kier molecular flexibility index (Phi) is 4.76. The maximum absolute atomic E-state index is 13.7. The van der Waals surface area contributed by atoms with Crippen LogP contribution in [0, 0.1) is 5.82 Å². The molecule has 1 saturated heterocycles. The Labute approximate surface area is 189 Å². The monoisotopic (exact) mass is 454 g/mol. The minimum atomic E-state index is -0.477. The summed E-state index contributed by atoms with van der Waals surface area (Å²) in [5.41, 5.74) is 3.81. The lowest BCUT2D eigenvalue weighted by Gasteiger charge is -2.29. The van der Waals surface area contributed by atoms with Crippen molar-refractivity contribution in [3.63, 3.8) is 0 Å². The van der Waals surface area contributed by atoms with Crippen LogP contribution in [0.3, 0.4) is 0 Å². The lowest BCUT2D eigenvalue weighted by atomic mass is 10.1. The molecular formula is C22H24ClFN8. The number of aromatic amines is 1. The molecular weight excluding hydrogens is 431 g/mol. The number of nitrogens with one attached hydrogen (secondary N) is 2. The van der Waals surface area contributed by atoms with Gasteiger partial charge in [0.05, 0.1) is 23.8 Å². The average molecular weight is 455 g/mol. The predicted octanol–water partition coefficient (Wildman–Crippen LogP) is 4.25. The number of hydrogen-bond donors (Lipinski definition) is 2. The van der Waals surface area contributed by atoms with Gasteiger partial charge in [-0.2, -0.15) is 5.10 Å². The van der Waals surface area contributed by atoms with E-state index in [1.54, 1.807) is 6.07 Å². The second-order valence-corrected chi connectivity index (χ2v) is 9.24. The van der Waals surface area contributed by atoms with Crippen molar-refractivity contribution < 1.29 is 4.39 Å². The molecule has 0 unspecified atom stereocenters. The number of likely N-dealkylation sites (tertiary alicyclic amines) is 1. The van der Waals surface area contributed by atoms with Crippen molar-refractivity contribution in [1.29, 1.82) is 0 Å². The quantitative estimate of drug-likeness (QED) is 0.468. The first-order valence-corrected chi connectivity index (χ1v) is 11.4. The molecule has 0 bridgehead atoms. The zero-order valence-electron chi connectivity index (χ0n) is 17.8. The molecule has 2 aliphatic rings. The Bertz CT molecular complexity index is 1300. The van der Waals surface area contributed by atoms with Crippen molar-refractivity contribution in [2.24, 2.45) is 0 Å². The summed E-state index contributed by atoms with van der Waals surface area (Å²) >= 11 is 6.06. The summed E-state index contributed by atoms with van der Waals surface area (Å²) < 4.78 is 15.8. The zero-order chi connectivity index (χ0) is 21.8. The van der Waals surface area contributed by atoms with E-state index in [0.29, 0.717) is 41.2 Å². The number of H-pyrrole nitrogens is 1. The van der Waals surface area contributed by atoms with Crippen LogP contribution >= 0.6 is 11.6 Å².